The Morgan fingerprint density at radius 2 is 2.03 bits per heavy atom. The van der Waals surface area contributed by atoms with Gasteiger partial charge in [-0.1, -0.05) is 30.3 Å². The topological polar surface area (TPSA) is 66.0 Å². The van der Waals surface area contributed by atoms with Crippen LogP contribution in [0.15, 0.2) is 73.3 Å². The van der Waals surface area contributed by atoms with Gasteiger partial charge in [-0.15, -0.1) is 0 Å². The third-order valence-electron chi connectivity index (χ3n) is 4.81. The number of halogens is 1. The number of anilines is 1. The highest BCUT2D eigenvalue weighted by Crippen LogP contribution is 2.37. The van der Waals surface area contributed by atoms with Crippen LogP contribution in [-0.2, 0) is 0 Å². The third-order valence-corrected chi connectivity index (χ3v) is 5.09. The fourth-order valence-corrected chi connectivity index (χ4v) is 3.72. The van der Waals surface area contributed by atoms with E-state index in [0.29, 0.717) is 16.2 Å². The molecule has 29 heavy (non-hydrogen) atoms. The maximum atomic E-state index is 9.32. The Labute approximate surface area is 172 Å². The maximum absolute atomic E-state index is 9.32. The molecule has 4 aromatic rings. The van der Waals surface area contributed by atoms with E-state index in [-0.39, 0.29) is 0 Å². The van der Waals surface area contributed by atoms with E-state index in [1.807, 2.05) is 53.2 Å². The molecule has 0 fully saturated rings. The molecule has 0 amide bonds. The highest BCUT2D eigenvalue weighted by Gasteiger charge is 2.18. The first-order chi connectivity index (χ1) is 14.1. The molecule has 138 valence electrons. The van der Waals surface area contributed by atoms with Gasteiger partial charge >= 0.3 is 0 Å². The van der Waals surface area contributed by atoms with Crippen molar-refractivity contribution in [2.24, 2.45) is 0 Å². The monoisotopic (exact) mass is 395 g/mol. The van der Waals surface area contributed by atoms with Crippen LogP contribution >= 0.6 is 11.6 Å². The number of hydrogen-bond donors (Lipinski definition) is 1. The van der Waals surface area contributed by atoms with E-state index in [1.54, 1.807) is 12.3 Å². The number of hydrogen-bond acceptors (Lipinski definition) is 4. The second-order valence-electron chi connectivity index (χ2n) is 6.73. The number of fused-ring (bicyclic) bond motifs is 2. The van der Waals surface area contributed by atoms with Gasteiger partial charge in [-0.05, 0) is 36.4 Å². The van der Waals surface area contributed by atoms with Gasteiger partial charge in [0.25, 0.3) is 0 Å². The number of nitrogens with one attached hydrogen (secondary N) is 1. The van der Waals surface area contributed by atoms with E-state index >= 15 is 0 Å². The lowest BCUT2D eigenvalue weighted by atomic mass is 9.96. The van der Waals surface area contributed by atoms with Crippen molar-refractivity contribution < 1.29 is 0 Å². The number of nitriles is 1. The Hall–Kier alpha value is -3.88. The summed E-state index contributed by atoms with van der Waals surface area (Å²) in [6.45, 7) is 3.95. The van der Waals surface area contributed by atoms with Crippen molar-refractivity contribution in [3.63, 3.8) is 0 Å². The number of nitrogens with zero attached hydrogens (tertiary/aromatic N) is 4. The fraction of sp³-hybridized carbons (Fsp3) is 0. The molecule has 0 spiro atoms. The van der Waals surface area contributed by atoms with Crippen LogP contribution < -0.4 is 5.32 Å². The summed E-state index contributed by atoms with van der Waals surface area (Å²) in [5, 5.41) is 13.1. The molecule has 3 aromatic heterocycles. The molecule has 1 N–H and O–H groups in total. The number of pyridine rings is 2. The highest BCUT2D eigenvalue weighted by molar-refractivity contribution is 6.33. The molecule has 0 bridgehead atoms. The van der Waals surface area contributed by atoms with Crippen molar-refractivity contribution in [3.05, 3.63) is 89.5 Å². The van der Waals surface area contributed by atoms with Gasteiger partial charge in [0.1, 0.15) is 5.82 Å². The van der Waals surface area contributed by atoms with Gasteiger partial charge < -0.3 is 9.72 Å². The standard InChI is InChI=1S/C23H14ClN5/c1-14-5-6-17-10-19(18-11-20(24)23-26-7-8-29(23)13-18)21(28-22(17)27-14)16-4-2-3-15(9-16)12-25/h2-11,13H,1H2,(H,27,28). The molecule has 0 atom stereocenters. The molecule has 1 aliphatic rings. The Balaban J connectivity index is 1.80. The van der Waals surface area contributed by atoms with Gasteiger partial charge in [0.05, 0.1) is 22.3 Å². The lowest BCUT2D eigenvalue weighted by molar-refractivity contribution is 1.18. The normalized spacial score (nSPS) is 12.5. The average molecular weight is 396 g/mol. The largest absolute Gasteiger partial charge is 0.340 e. The molecule has 0 aliphatic carbocycles. The van der Waals surface area contributed by atoms with Crippen LogP contribution in [0.5, 0.6) is 0 Å². The summed E-state index contributed by atoms with van der Waals surface area (Å²) in [6.07, 6.45) is 9.45. The number of allylic oxidation sites excluding steroid dienone is 1. The molecule has 0 radical (unpaired) electrons. The molecule has 4 heterocycles. The van der Waals surface area contributed by atoms with E-state index in [2.05, 4.69) is 29.0 Å². The van der Waals surface area contributed by atoms with E-state index in [1.165, 1.54) is 0 Å². The van der Waals surface area contributed by atoms with Crippen LogP contribution in [0.4, 0.5) is 5.82 Å². The first kappa shape index (κ1) is 17.2. The summed E-state index contributed by atoms with van der Waals surface area (Å²) in [5.41, 5.74) is 6.44. The molecule has 5 rings (SSSR count). The summed E-state index contributed by atoms with van der Waals surface area (Å²) in [5.74, 6) is 0.730. The lowest BCUT2D eigenvalue weighted by Crippen LogP contribution is -2.06. The molecule has 6 heteroatoms. The van der Waals surface area contributed by atoms with E-state index in [4.69, 9.17) is 16.6 Å². The minimum absolute atomic E-state index is 0.559. The second kappa shape index (κ2) is 6.62. The van der Waals surface area contributed by atoms with Crippen LogP contribution in [0.2, 0.25) is 5.02 Å². The summed E-state index contributed by atoms with van der Waals surface area (Å²) in [4.78, 5) is 9.17. The van der Waals surface area contributed by atoms with Crippen LogP contribution in [-0.4, -0.2) is 14.4 Å². The van der Waals surface area contributed by atoms with Gasteiger partial charge in [0.2, 0.25) is 0 Å². The molecule has 1 aliphatic heterocycles. The predicted molar refractivity (Wildman–Crippen MR) is 115 cm³/mol. The minimum atomic E-state index is 0.559. The fourth-order valence-electron chi connectivity index (χ4n) is 3.45. The van der Waals surface area contributed by atoms with E-state index in [0.717, 1.165) is 39.5 Å². The summed E-state index contributed by atoms with van der Waals surface area (Å²) in [7, 11) is 0. The maximum Gasteiger partial charge on any atom is 0.155 e. The van der Waals surface area contributed by atoms with Crippen molar-refractivity contribution in [1.82, 2.24) is 14.4 Å². The van der Waals surface area contributed by atoms with Gasteiger partial charge in [-0.3, -0.25) is 0 Å². The Bertz CT molecular complexity index is 1370. The van der Waals surface area contributed by atoms with E-state index < -0.39 is 0 Å². The van der Waals surface area contributed by atoms with Crippen molar-refractivity contribution in [2.75, 3.05) is 5.32 Å². The molecule has 5 nitrogen and oxygen atoms in total. The SMILES string of the molecule is C=C1C=Cc2cc(-c3cc(Cl)c4nccn4c3)c(-c3cccc(C#N)c3)nc2N1. The van der Waals surface area contributed by atoms with Crippen molar-refractivity contribution in [3.8, 4) is 28.5 Å². The van der Waals surface area contributed by atoms with Crippen LogP contribution in [0.25, 0.3) is 34.1 Å². The third kappa shape index (κ3) is 2.96. The number of imidazole rings is 1. The first-order valence-corrected chi connectivity index (χ1v) is 9.32. The molecular weight excluding hydrogens is 382 g/mol. The zero-order valence-electron chi connectivity index (χ0n) is 15.2. The smallest absolute Gasteiger partial charge is 0.155 e. The van der Waals surface area contributed by atoms with E-state index in [9.17, 15) is 5.26 Å². The lowest BCUT2D eigenvalue weighted by Gasteiger charge is -2.19. The first-order valence-electron chi connectivity index (χ1n) is 8.94. The predicted octanol–water partition coefficient (Wildman–Crippen LogP) is 5.54. The summed E-state index contributed by atoms with van der Waals surface area (Å²) < 4.78 is 1.89. The molecule has 0 saturated heterocycles. The van der Waals surface area contributed by atoms with Crippen LogP contribution in [0.3, 0.4) is 0 Å². The van der Waals surface area contributed by atoms with Gasteiger partial charge in [-0.25, -0.2) is 9.97 Å². The average Bonchev–Trinajstić information content (AvgIpc) is 3.22. The zero-order valence-corrected chi connectivity index (χ0v) is 16.0. The van der Waals surface area contributed by atoms with Crippen molar-refractivity contribution >= 4 is 29.1 Å². The number of benzene rings is 1. The van der Waals surface area contributed by atoms with Crippen LogP contribution in [0.1, 0.15) is 11.1 Å². The Kier molecular flexibility index (Phi) is 3.94. The van der Waals surface area contributed by atoms with Crippen molar-refractivity contribution in [1.29, 1.82) is 5.26 Å². The van der Waals surface area contributed by atoms with Crippen LogP contribution in [0, 0.1) is 11.3 Å². The van der Waals surface area contributed by atoms with Gasteiger partial charge in [0, 0.05) is 46.5 Å². The molecular formula is C23H14ClN5. The number of rotatable bonds is 2. The summed E-state index contributed by atoms with van der Waals surface area (Å²) in [6, 6.07) is 13.6. The zero-order chi connectivity index (χ0) is 20.0. The Morgan fingerprint density at radius 1 is 1.14 bits per heavy atom. The summed E-state index contributed by atoms with van der Waals surface area (Å²) >= 11 is 6.48. The molecule has 0 saturated carbocycles. The minimum Gasteiger partial charge on any atom is -0.340 e. The Morgan fingerprint density at radius 3 is 2.90 bits per heavy atom. The second-order valence-corrected chi connectivity index (χ2v) is 7.14. The molecule has 1 aromatic carbocycles. The van der Waals surface area contributed by atoms with Crippen molar-refractivity contribution in [2.45, 2.75) is 0 Å². The quantitative estimate of drug-likeness (QED) is 0.484. The van der Waals surface area contributed by atoms with Gasteiger partial charge in [0.15, 0.2) is 5.65 Å². The molecule has 0 unspecified atom stereocenters. The number of aromatic nitrogens is 3. The van der Waals surface area contributed by atoms with Gasteiger partial charge in [-0.2, -0.15) is 5.26 Å². The highest BCUT2D eigenvalue weighted by atomic mass is 35.5.